The molecule has 0 amide bonds. The van der Waals surface area contributed by atoms with E-state index in [-0.39, 0.29) is 23.1 Å². The van der Waals surface area contributed by atoms with Gasteiger partial charge in [-0.25, -0.2) is 28.1 Å². The molecule has 0 atom stereocenters. The lowest BCUT2D eigenvalue weighted by atomic mass is 10.2. The van der Waals surface area contributed by atoms with Crippen LogP contribution in [0.25, 0.3) is 11.3 Å². The maximum atomic E-state index is 13.9. The number of halogens is 4. The van der Waals surface area contributed by atoms with Crippen LogP contribution in [0.1, 0.15) is 0 Å². The zero-order valence-corrected chi connectivity index (χ0v) is 12.3. The first-order valence-electron chi connectivity index (χ1n) is 6.72. The molecule has 6 nitrogen and oxygen atoms in total. The first-order chi connectivity index (χ1) is 11.9. The smallest absolute Gasteiger partial charge is 0.229 e. The average molecular weight is 351 g/mol. The minimum atomic E-state index is -1.61. The van der Waals surface area contributed by atoms with Crippen LogP contribution in [0.2, 0.25) is 0 Å². The van der Waals surface area contributed by atoms with Crippen molar-refractivity contribution in [2.24, 2.45) is 0 Å². The lowest BCUT2D eigenvalue weighted by molar-refractivity contribution is 0.400. The number of anilines is 2. The van der Waals surface area contributed by atoms with E-state index in [1.807, 2.05) is 0 Å². The van der Waals surface area contributed by atoms with Crippen molar-refractivity contribution in [1.29, 1.82) is 0 Å². The average Bonchev–Trinajstić information content (AvgIpc) is 2.59. The molecule has 0 saturated carbocycles. The molecule has 3 rings (SSSR count). The molecule has 0 aliphatic heterocycles. The maximum Gasteiger partial charge on any atom is 0.229 e. The molecule has 3 aromatic rings. The molecule has 2 aromatic heterocycles. The van der Waals surface area contributed by atoms with Gasteiger partial charge in [-0.05, 0) is 12.1 Å². The van der Waals surface area contributed by atoms with Crippen LogP contribution in [0.3, 0.4) is 0 Å². The van der Waals surface area contributed by atoms with Crippen molar-refractivity contribution in [3.8, 4) is 22.9 Å². The molecular formula is C15H9F4N5O. The van der Waals surface area contributed by atoms with Crippen molar-refractivity contribution in [3.63, 3.8) is 0 Å². The monoisotopic (exact) mass is 351 g/mol. The Kier molecular flexibility index (Phi) is 4.09. The van der Waals surface area contributed by atoms with E-state index in [1.165, 1.54) is 12.3 Å². The number of hydrogen-bond donors (Lipinski definition) is 2. The summed E-state index contributed by atoms with van der Waals surface area (Å²) in [5.41, 5.74) is 9.64. The molecule has 0 aliphatic carbocycles. The number of nitrogens with two attached hydrogens (primary N) is 2. The van der Waals surface area contributed by atoms with Gasteiger partial charge >= 0.3 is 0 Å². The number of nitrogen functional groups attached to an aromatic ring is 2. The van der Waals surface area contributed by atoms with E-state index in [2.05, 4.69) is 15.0 Å². The van der Waals surface area contributed by atoms with Crippen LogP contribution >= 0.6 is 0 Å². The third-order valence-electron chi connectivity index (χ3n) is 3.14. The lowest BCUT2D eigenvalue weighted by Gasteiger charge is -2.12. The number of aromatic nitrogens is 3. The molecule has 0 spiro atoms. The fourth-order valence-electron chi connectivity index (χ4n) is 1.98. The first kappa shape index (κ1) is 16.4. The number of benzene rings is 1. The van der Waals surface area contributed by atoms with Crippen molar-refractivity contribution in [3.05, 3.63) is 53.9 Å². The minimum Gasteiger partial charge on any atom is -0.435 e. The van der Waals surface area contributed by atoms with Gasteiger partial charge in [-0.2, -0.15) is 4.39 Å². The van der Waals surface area contributed by atoms with Gasteiger partial charge in [0.2, 0.25) is 17.6 Å². The number of hydrogen-bond acceptors (Lipinski definition) is 6. The van der Waals surface area contributed by atoms with Crippen LogP contribution in [0, 0.1) is 23.3 Å². The van der Waals surface area contributed by atoms with Gasteiger partial charge in [0.25, 0.3) is 0 Å². The Morgan fingerprint density at radius 3 is 2.44 bits per heavy atom. The number of pyridine rings is 1. The normalized spacial score (nSPS) is 10.7. The van der Waals surface area contributed by atoms with Crippen molar-refractivity contribution in [2.45, 2.75) is 0 Å². The quantitative estimate of drug-likeness (QED) is 0.427. The summed E-state index contributed by atoms with van der Waals surface area (Å²) < 4.78 is 59.6. The summed E-state index contributed by atoms with van der Waals surface area (Å²) in [6.45, 7) is 0. The van der Waals surface area contributed by atoms with E-state index >= 15 is 0 Å². The molecule has 0 aliphatic rings. The van der Waals surface area contributed by atoms with Gasteiger partial charge in [0, 0.05) is 12.3 Å². The molecule has 0 saturated heterocycles. The Morgan fingerprint density at radius 1 is 0.960 bits per heavy atom. The zero-order chi connectivity index (χ0) is 18.1. The van der Waals surface area contributed by atoms with E-state index in [1.54, 1.807) is 0 Å². The molecule has 0 bridgehead atoms. The topological polar surface area (TPSA) is 99.9 Å². The third kappa shape index (κ3) is 3.13. The van der Waals surface area contributed by atoms with Crippen molar-refractivity contribution >= 4 is 11.6 Å². The highest BCUT2D eigenvalue weighted by Crippen LogP contribution is 2.34. The molecule has 25 heavy (non-hydrogen) atoms. The van der Waals surface area contributed by atoms with Crippen molar-refractivity contribution < 1.29 is 22.3 Å². The first-order valence-corrected chi connectivity index (χ1v) is 6.72. The largest absolute Gasteiger partial charge is 0.435 e. The fourth-order valence-corrected chi connectivity index (χ4v) is 1.98. The van der Waals surface area contributed by atoms with Gasteiger partial charge in [-0.3, -0.25) is 0 Å². The highest BCUT2D eigenvalue weighted by atomic mass is 19.2. The summed E-state index contributed by atoms with van der Waals surface area (Å²) >= 11 is 0. The molecule has 0 radical (unpaired) electrons. The van der Waals surface area contributed by atoms with Crippen molar-refractivity contribution in [2.75, 3.05) is 11.5 Å². The number of rotatable bonds is 3. The third-order valence-corrected chi connectivity index (χ3v) is 3.14. The van der Waals surface area contributed by atoms with E-state index in [0.717, 1.165) is 12.3 Å². The SMILES string of the molecule is Nc1nccc(-c2cc(F)cnc2Oc2cc(F)c(N)c(F)c2F)n1. The molecule has 128 valence electrons. The summed E-state index contributed by atoms with van der Waals surface area (Å²) in [7, 11) is 0. The molecule has 10 heteroatoms. The summed E-state index contributed by atoms with van der Waals surface area (Å²) in [6.07, 6.45) is 2.08. The van der Waals surface area contributed by atoms with E-state index in [4.69, 9.17) is 16.2 Å². The predicted octanol–water partition coefficient (Wildman–Crippen LogP) is 3.05. The van der Waals surface area contributed by atoms with Gasteiger partial charge in [0.15, 0.2) is 17.4 Å². The maximum absolute atomic E-state index is 13.9. The van der Waals surface area contributed by atoms with Gasteiger partial charge < -0.3 is 16.2 Å². The highest BCUT2D eigenvalue weighted by molar-refractivity contribution is 5.66. The van der Waals surface area contributed by atoms with Gasteiger partial charge in [-0.1, -0.05) is 0 Å². The molecule has 4 N–H and O–H groups in total. The molecule has 0 unspecified atom stereocenters. The Balaban J connectivity index is 2.11. The van der Waals surface area contributed by atoms with Crippen molar-refractivity contribution in [1.82, 2.24) is 15.0 Å². The second kappa shape index (κ2) is 6.23. The molecule has 0 fully saturated rings. The lowest BCUT2D eigenvalue weighted by Crippen LogP contribution is -2.03. The van der Waals surface area contributed by atoms with Crippen LogP contribution in [-0.4, -0.2) is 15.0 Å². The zero-order valence-electron chi connectivity index (χ0n) is 12.3. The van der Waals surface area contributed by atoms with Crippen LogP contribution in [0.4, 0.5) is 29.2 Å². The number of ether oxygens (including phenoxy) is 1. The molecular weight excluding hydrogens is 342 g/mol. The van der Waals surface area contributed by atoms with Gasteiger partial charge in [-0.15, -0.1) is 0 Å². The Labute approximate surface area is 138 Å². The van der Waals surface area contributed by atoms with Crippen LogP contribution < -0.4 is 16.2 Å². The van der Waals surface area contributed by atoms with Crippen LogP contribution in [0.5, 0.6) is 11.6 Å². The van der Waals surface area contributed by atoms with Crippen LogP contribution in [-0.2, 0) is 0 Å². The van der Waals surface area contributed by atoms with Gasteiger partial charge in [0.05, 0.1) is 17.5 Å². The highest BCUT2D eigenvalue weighted by Gasteiger charge is 2.20. The minimum absolute atomic E-state index is 0.0221. The molecule has 1 aromatic carbocycles. The van der Waals surface area contributed by atoms with E-state index in [9.17, 15) is 17.6 Å². The van der Waals surface area contributed by atoms with E-state index < -0.39 is 34.7 Å². The van der Waals surface area contributed by atoms with E-state index in [0.29, 0.717) is 6.07 Å². The predicted molar refractivity (Wildman–Crippen MR) is 80.4 cm³/mol. The fraction of sp³-hybridized carbons (Fsp3) is 0. The summed E-state index contributed by atoms with van der Waals surface area (Å²) in [5, 5.41) is 0. The summed E-state index contributed by atoms with van der Waals surface area (Å²) in [5.74, 6) is -6.35. The standard InChI is InChI=1S/C15H9F4N5O/c16-6-3-7(9-1-2-22-15(21)24-9)14(23-5-6)25-10-4-8(17)13(20)12(19)11(10)18/h1-5H,20H2,(H2,21,22,24). The van der Waals surface area contributed by atoms with Crippen LogP contribution in [0.15, 0.2) is 30.6 Å². The van der Waals surface area contributed by atoms with Gasteiger partial charge in [0.1, 0.15) is 11.5 Å². The Morgan fingerprint density at radius 2 is 1.72 bits per heavy atom. The Hall–Kier alpha value is -3.43. The second-order valence-electron chi connectivity index (χ2n) is 4.81. The second-order valence-corrected chi connectivity index (χ2v) is 4.81. The molecule has 2 heterocycles. The summed E-state index contributed by atoms with van der Waals surface area (Å²) in [6, 6.07) is 2.92. The Bertz CT molecular complexity index is 967. The number of nitrogens with zero attached hydrogens (tertiary/aromatic N) is 3. The summed E-state index contributed by atoms with van der Waals surface area (Å²) in [4.78, 5) is 11.2.